The first-order chi connectivity index (χ1) is 9.19. The predicted molar refractivity (Wildman–Crippen MR) is 83.9 cm³/mol. The van der Waals surface area contributed by atoms with E-state index in [1.165, 1.54) is 0 Å². The maximum Gasteiger partial charge on any atom is 0.226 e. The van der Waals surface area contributed by atoms with E-state index in [1.54, 1.807) is 0 Å². The number of carbonyl (C=O) groups excluding carboxylic acids is 1. The Morgan fingerprint density at radius 2 is 2.30 bits per heavy atom. The average molecular weight is 299 g/mol. The monoisotopic (exact) mass is 298 g/mol. The summed E-state index contributed by atoms with van der Waals surface area (Å²) in [6.45, 7) is 5.57. The summed E-state index contributed by atoms with van der Waals surface area (Å²) in [7, 11) is 0. The van der Waals surface area contributed by atoms with Crippen LogP contribution in [0.5, 0.6) is 5.75 Å². The van der Waals surface area contributed by atoms with Gasteiger partial charge in [0, 0.05) is 12.5 Å². The molecule has 1 aliphatic heterocycles. The number of nitrogens with one attached hydrogen (secondary N) is 2. The van der Waals surface area contributed by atoms with E-state index in [9.17, 15) is 4.79 Å². The molecule has 112 valence electrons. The molecule has 0 radical (unpaired) electrons. The number of hydrogen-bond donors (Lipinski definition) is 2. The Morgan fingerprint density at radius 1 is 1.50 bits per heavy atom. The molecule has 1 aliphatic rings. The van der Waals surface area contributed by atoms with Crippen LogP contribution in [0.1, 0.15) is 31.7 Å². The molecule has 0 aromatic heterocycles. The van der Waals surface area contributed by atoms with Crippen LogP contribution in [0, 0.1) is 6.92 Å². The van der Waals surface area contributed by atoms with Crippen LogP contribution in [0.3, 0.4) is 0 Å². The molecular formula is C15H23ClN2O2. The molecule has 1 aromatic carbocycles. The van der Waals surface area contributed by atoms with Gasteiger partial charge in [0.05, 0.1) is 12.3 Å². The SMILES string of the molecule is CCOc1cc(C)ccc1NC(=O)CC1CCCN1.Cl. The molecule has 1 unspecified atom stereocenters. The maximum absolute atomic E-state index is 12.0. The van der Waals surface area contributed by atoms with Crippen LogP contribution in [0.4, 0.5) is 5.69 Å². The van der Waals surface area contributed by atoms with Gasteiger partial charge in [-0.2, -0.15) is 0 Å². The summed E-state index contributed by atoms with van der Waals surface area (Å²) in [5.74, 6) is 0.791. The van der Waals surface area contributed by atoms with Crippen LogP contribution in [-0.2, 0) is 4.79 Å². The van der Waals surface area contributed by atoms with E-state index in [-0.39, 0.29) is 18.3 Å². The van der Waals surface area contributed by atoms with Gasteiger partial charge in [-0.1, -0.05) is 6.07 Å². The molecule has 0 bridgehead atoms. The highest BCUT2D eigenvalue weighted by atomic mass is 35.5. The van der Waals surface area contributed by atoms with E-state index in [1.807, 2.05) is 32.0 Å². The van der Waals surface area contributed by atoms with Crippen molar-refractivity contribution >= 4 is 24.0 Å². The van der Waals surface area contributed by atoms with Crippen molar-refractivity contribution in [1.82, 2.24) is 5.32 Å². The van der Waals surface area contributed by atoms with Crippen LogP contribution >= 0.6 is 12.4 Å². The van der Waals surface area contributed by atoms with Crippen molar-refractivity contribution < 1.29 is 9.53 Å². The van der Waals surface area contributed by atoms with Crippen molar-refractivity contribution in [2.75, 3.05) is 18.5 Å². The van der Waals surface area contributed by atoms with E-state index in [4.69, 9.17) is 4.74 Å². The summed E-state index contributed by atoms with van der Waals surface area (Å²) < 4.78 is 5.56. The lowest BCUT2D eigenvalue weighted by molar-refractivity contribution is -0.116. The fourth-order valence-electron chi connectivity index (χ4n) is 2.36. The number of ether oxygens (including phenoxy) is 1. The molecule has 20 heavy (non-hydrogen) atoms. The minimum absolute atomic E-state index is 0. The van der Waals surface area contributed by atoms with Crippen molar-refractivity contribution in [1.29, 1.82) is 0 Å². The third-order valence-corrected chi connectivity index (χ3v) is 3.31. The van der Waals surface area contributed by atoms with E-state index in [0.717, 1.165) is 36.4 Å². The van der Waals surface area contributed by atoms with Gasteiger partial charge in [0.2, 0.25) is 5.91 Å². The van der Waals surface area contributed by atoms with Gasteiger partial charge in [-0.15, -0.1) is 12.4 Å². The molecule has 5 heteroatoms. The highest BCUT2D eigenvalue weighted by Gasteiger charge is 2.18. The summed E-state index contributed by atoms with van der Waals surface area (Å²) in [4.78, 5) is 12.0. The number of aryl methyl sites for hydroxylation is 1. The quantitative estimate of drug-likeness (QED) is 0.879. The molecule has 2 rings (SSSR count). The molecule has 0 spiro atoms. The molecule has 1 fully saturated rings. The van der Waals surface area contributed by atoms with Gasteiger partial charge in [-0.25, -0.2) is 0 Å². The fraction of sp³-hybridized carbons (Fsp3) is 0.533. The van der Waals surface area contributed by atoms with Crippen LogP contribution in [0.15, 0.2) is 18.2 Å². The number of amides is 1. The predicted octanol–water partition coefficient (Wildman–Crippen LogP) is 2.90. The zero-order valence-corrected chi connectivity index (χ0v) is 12.9. The largest absolute Gasteiger partial charge is 0.492 e. The number of benzene rings is 1. The van der Waals surface area contributed by atoms with Crippen LogP contribution in [0.2, 0.25) is 0 Å². The minimum atomic E-state index is 0. The number of rotatable bonds is 5. The second-order valence-electron chi connectivity index (χ2n) is 4.98. The second kappa shape index (κ2) is 8.12. The molecule has 1 amide bonds. The van der Waals surface area contributed by atoms with Gasteiger partial charge >= 0.3 is 0 Å². The first-order valence-electron chi connectivity index (χ1n) is 6.95. The van der Waals surface area contributed by atoms with Gasteiger partial charge in [-0.05, 0) is 50.9 Å². The van der Waals surface area contributed by atoms with E-state index < -0.39 is 0 Å². The van der Waals surface area contributed by atoms with Crippen molar-refractivity contribution in [2.45, 2.75) is 39.2 Å². The highest BCUT2D eigenvalue weighted by molar-refractivity contribution is 5.92. The van der Waals surface area contributed by atoms with E-state index in [2.05, 4.69) is 10.6 Å². The highest BCUT2D eigenvalue weighted by Crippen LogP contribution is 2.26. The van der Waals surface area contributed by atoms with Crippen LogP contribution in [0.25, 0.3) is 0 Å². The van der Waals surface area contributed by atoms with E-state index in [0.29, 0.717) is 19.1 Å². The molecule has 0 saturated carbocycles. The average Bonchev–Trinajstić information content (AvgIpc) is 2.86. The zero-order chi connectivity index (χ0) is 13.7. The molecule has 0 aliphatic carbocycles. The summed E-state index contributed by atoms with van der Waals surface area (Å²) in [5, 5.41) is 6.28. The summed E-state index contributed by atoms with van der Waals surface area (Å²) in [6, 6.07) is 6.15. The minimum Gasteiger partial charge on any atom is -0.492 e. The van der Waals surface area contributed by atoms with Gasteiger partial charge < -0.3 is 15.4 Å². The topological polar surface area (TPSA) is 50.4 Å². The molecule has 4 nitrogen and oxygen atoms in total. The Morgan fingerprint density at radius 3 is 2.95 bits per heavy atom. The van der Waals surface area contributed by atoms with Gasteiger partial charge in [0.1, 0.15) is 5.75 Å². The van der Waals surface area contributed by atoms with Crippen molar-refractivity contribution in [3.8, 4) is 5.75 Å². The smallest absolute Gasteiger partial charge is 0.226 e. The lowest BCUT2D eigenvalue weighted by atomic mass is 10.1. The lowest BCUT2D eigenvalue weighted by Gasteiger charge is -2.14. The molecule has 1 heterocycles. The van der Waals surface area contributed by atoms with Crippen molar-refractivity contribution in [2.24, 2.45) is 0 Å². The standard InChI is InChI=1S/C15H22N2O2.ClH/c1-3-19-14-9-11(2)6-7-13(14)17-15(18)10-12-5-4-8-16-12;/h6-7,9,12,16H,3-5,8,10H2,1-2H3,(H,17,18);1H. The summed E-state index contributed by atoms with van der Waals surface area (Å²) in [6.07, 6.45) is 2.77. The molecular weight excluding hydrogens is 276 g/mol. The number of halogens is 1. The van der Waals surface area contributed by atoms with Crippen LogP contribution in [-0.4, -0.2) is 25.1 Å². The summed E-state index contributed by atoms with van der Waals surface area (Å²) >= 11 is 0. The molecule has 1 saturated heterocycles. The van der Waals surface area contributed by atoms with Crippen LogP contribution < -0.4 is 15.4 Å². The van der Waals surface area contributed by atoms with Crippen molar-refractivity contribution in [3.63, 3.8) is 0 Å². The fourth-order valence-corrected chi connectivity index (χ4v) is 2.36. The third-order valence-electron chi connectivity index (χ3n) is 3.31. The normalized spacial score (nSPS) is 17.4. The number of carbonyl (C=O) groups is 1. The second-order valence-corrected chi connectivity index (χ2v) is 4.98. The Bertz CT molecular complexity index is 445. The number of hydrogen-bond acceptors (Lipinski definition) is 3. The molecule has 2 N–H and O–H groups in total. The zero-order valence-electron chi connectivity index (χ0n) is 12.1. The Hall–Kier alpha value is -1.26. The Balaban J connectivity index is 0.00000200. The Kier molecular flexibility index (Phi) is 6.82. The van der Waals surface area contributed by atoms with Gasteiger partial charge in [0.15, 0.2) is 0 Å². The molecule has 1 atom stereocenters. The Labute approximate surface area is 126 Å². The molecule has 1 aromatic rings. The lowest BCUT2D eigenvalue weighted by Crippen LogP contribution is -2.27. The van der Waals surface area contributed by atoms with E-state index >= 15 is 0 Å². The first kappa shape index (κ1) is 16.8. The first-order valence-corrected chi connectivity index (χ1v) is 6.95. The third kappa shape index (κ3) is 4.69. The maximum atomic E-state index is 12.0. The van der Waals surface area contributed by atoms with Crippen molar-refractivity contribution in [3.05, 3.63) is 23.8 Å². The van der Waals surface area contributed by atoms with Gasteiger partial charge in [0.25, 0.3) is 0 Å². The summed E-state index contributed by atoms with van der Waals surface area (Å²) in [5.41, 5.74) is 1.88. The van der Waals surface area contributed by atoms with Gasteiger partial charge in [-0.3, -0.25) is 4.79 Å². The number of anilines is 1.